The summed E-state index contributed by atoms with van der Waals surface area (Å²) in [5.41, 5.74) is 27.5. The van der Waals surface area contributed by atoms with Crippen LogP contribution in [-0.4, -0.2) is 39.9 Å². The Bertz CT molecular complexity index is 7390. The minimum absolute atomic E-state index is 0.0733. The van der Waals surface area contributed by atoms with Gasteiger partial charge in [0.15, 0.2) is 0 Å². The average molecular weight is 1290 g/mol. The molecule has 0 radical (unpaired) electrons. The first kappa shape index (κ1) is 55.4. The van der Waals surface area contributed by atoms with Crippen LogP contribution in [0, 0.1) is 11.8 Å². The Morgan fingerprint density at radius 3 is 1.39 bits per heavy atom. The van der Waals surface area contributed by atoms with Crippen LogP contribution < -0.4 is 0 Å². The minimum Gasteiger partial charge on any atom is -0.254 e. The van der Waals surface area contributed by atoms with Crippen LogP contribution in [0.5, 0.6) is 0 Å². The summed E-state index contributed by atoms with van der Waals surface area (Å²) in [6.07, 6.45) is 26.5. The molecule has 0 spiro atoms. The number of fused-ring (bicyclic) bond motifs is 19. The molecule has 0 aliphatic heterocycles. The summed E-state index contributed by atoms with van der Waals surface area (Å²) < 4.78 is 0. The van der Waals surface area contributed by atoms with Crippen molar-refractivity contribution >= 4 is 164 Å². The molecule has 0 N–H and O–H groups in total. The van der Waals surface area contributed by atoms with Gasteiger partial charge < -0.3 is 0 Å². The molecule has 8 aromatic heterocycles. The van der Waals surface area contributed by atoms with Gasteiger partial charge in [0, 0.05) is 124 Å². The van der Waals surface area contributed by atoms with Gasteiger partial charge in [0.05, 0.1) is 66.2 Å². The van der Waals surface area contributed by atoms with Crippen molar-refractivity contribution < 1.29 is 0 Å². The van der Waals surface area contributed by atoms with E-state index in [-0.39, 0.29) is 11.8 Å². The Morgan fingerprint density at radius 2 is 0.716 bits per heavy atom. The van der Waals surface area contributed by atoms with E-state index in [1.165, 1.54) is 55.2 Å². The predicted octanol–water partition coefficient (Wildman–Crippen LogP) is 23.0. The Labute approximate surface area is 582 Å². The monoisotopic (exact) mass is 1290 g/mol. The van der Waals surface area contributed by atoms with E-state index in [1.807, 2.05) is 43.0 Å². The lowest BCUT2D eigenvalue weighted by Crippen LogP contribution is -2.30. The molecule has 468 valence electrons. The minimum atomic E-state index is 0.0733. The van der Waals surface area contributed by atoms with Gasteiger partial charge in [-0.3, -0.25) is 19.9 Å². The Balaban J connectivity index is 0.658. The summed E-state index contributed by atoms with van der Waals surface area (Å²) in [6, 6.07) is 83.2. The summed E-state index contributed by atoms with van der Waals surface area (Å²) >= 11 is 0. The van der Waals surface area contributed by atoms with Crippen LogP contribution in [0.1, 0.15) is 11.1 Å². The van der Waals surface area contributed by atoms with Gasteiger partial charge in [-0.1, -0.05) is 218 Å². The molecule has 2 atom stereocenters. The van der Waals surface area contributed by atoms with Crippen LogP contribution in [-0.2, 0) is 0 Å². The van der Waals surface area contributed by atoms with Crippen molar-refractivity contribution in [1.82, 2.24) is 39.9 Å². The summed E-state index contributed by atoms with van der Waals surface area (Å²) in [5, 5.41) is 17.6. The second-order valence-electron chi connectivity index (χ2n) is 27.5. The number of pyridine rings is 8. The highest BCUT2D eigenvalue weighted by atomic mass is 14.8. The summed E-state index contributed by atoms with van der Waals surface area (Å²) in [6.45, 7) is 0. The fraction of sp³-hybridized carbons (Fsp3) is 0.0213. The Kier molecular flexibility index (Phi) is 11.4. The molecule has 4 aliphatic carbocycles. The van der Waals surface area contributed by atoms with Gasteiger partial charge >= 0.3 is 0 Å². The Morgan fingerprint density at radius 1 is 0.245 bits per heavy atom. The van der Waals surface area contributed by atoms with E-state index in [1.54, 1.807) is 0 Å². The molecule has 8 heterocycles. The van der Waals surface area contributed by atoms with Gasteiger partial charge in [-0.2, -0.15) is 0 Å². The fourth-order valence-corrected chi connectivity index (χ4v) is 17.8. The van der Waals surface area contributed by atoms with Gasteiger partial charge in [-0.25, -0.2) is 19.9 Å². The highest BCUT2D eigenvalue weighted by Crippen LogP contribution is 2.56. The van der Waals surface area contributed by atoms with E-state index in [4.69, 9.17) is 39.9 Å². The van der Waals surface area contributed by atoms with E-state index in [0.717, 1.165) is 175 Å². The fourth-order valence-electron chi connectivity index (χ4n) is 17.8. The molecule has 23 rings (SSSR count). The third kappa shape index (κ3) is 7.91. The Hall–Kier alpha value is -13.6. The molecule has 0 fully saturated rings. The number of aromatic nitrogens is 8. The molecule has 0 bridgehead atoms. The topological polar surface area (TPSA) is 103 Å². The molecular formula is C94H52N8. The van der Waals surface area contributed by atoms with E-state index < -0.39 is 0 Å². The maximum atomic E-state index is 5.66. The number of para-hydroxylation sites is 3. The first-order valence-electron chi connectivity index (χ1n) is 34.8. The zero-order valence-corrected chi connectivity index (χ0v) is 54.6. The molecule has 8 heteroatoms. The van der Waals surface area contributed by atoms with Crippen LogP contribution in [0.4, 0.5) is 0 Å². The second kappa shape index (κ2) is 21.0. The SMILES string of the molecule is C1=CC2=C(c3c4ccccc4nc4c3ccc3cccnc34)C=CC3=CC=C4C(c5c6ccc(-c7ccnc8c7ccc7c(-c9ccc%10ccc%11cc(-c%12c%13ccccc%13nc%13c%12ccc%12cccnc%12%13)ccc%11c%10c9)c9ccccc9nc78)cc6nc6c5ccc5cccnc56)=CC=C1C4C32. The zero-order valence-electron chi connectivity index (χ0n) is 54.6. The smallest absolute Gasteiger partial charge is 0.0978 e. The largest absolute Gasteiger partial charge is 0.254 e. The van der Waals surface area contributed by atoms with E-state index in [9.17, 15) is 0 Å². The van der Waals surface area contributed by atoms with E-state index >= 15 is 0 Å². The molecule has 11 aromatic carbocycles. The molecule has 0 saturated carbocycles. The standard InChI is InChI=1S/C94H52N8/c1-4-16-77-68(13-1)81(72-38-27-54-10-7-44-95-87(54)91(72)99-77)59-31-32-61-57(48-59)21-19-51-20-22-60(49-76(51)61)82-69-14-2-5-17-78(69)101-94-73(82)42-41-67-62(43-47-98-90(67)94)58-30-37-71-80(50-58)102-93-75(40-29-56-12-9-46-97-89(56)93)86(71)66-36-26-53-23-33-63-65(35-25-52-24-34-64(66)84(53)83(52)63)85-70-15-3-6-18-79(70)100-92-74(85)39-28-55-11-8-45-96-88(55)92/h1-50,83-84H. The van der Waals surface area contributed by atoms with Crippen molar-refractivity contribution in [2.45, 2.75) is 0 Å². The van der Waals surface area contributed by atoms with Gasteiger partial charge in [0.25, 0.3) is 0 Å². The van der Waals surface area contributed by atoms with Crippen LogP contribution >= 0.6 is 0 Å². The van der Waals surface area contributed by atoms with Gasteiger partial charge in [-0.15, -0.1) is 0 Å². The molecule has 0 saturated heterocycles. The van der Waals surface area contributed by atoms with Crippen molar-refractivity contribution in [2.24, 2.45) is 11.8 Å². The van der Waals surface area contributed by atoms with Crippen molar-refractivity contribution in [3.8, 4) is 33.4 Å². The number of allylic oxidation sites excluding steroid dienone is 14. The number of rotatable bonds is 5. The summed E-state index contributed by atoms with van der Waals surface area (Å²) in [4.78, 5) is 41.7. The maximum absolute atomic E-state index is 5.66. The highest BCUT2D eigenvalue weighted by Gasteiger charge is 2.42. The van der Waals surface area contributed by atoms with E-state index in [2.05, 4.69) is 261 Å². The van der Waals surface area contributed by atoms with Crippen LogP contribution in [0.25, 0.3) is 197 Å². The summed E-state index contributed by atoms with van der Waals surface area (Å²) in [5.74, 6) is 0.160. The number of hydrogen-bond donors (Lipinski definition) is 0. The van der Waals surface area contributed by atoms with Gasteiger partial charge in [-0.05, 0) is 138 Å². The lowest BCUT2D eigenvalue weighted by molar-refractivity contribution is 0.569. The van der Waals surface area contributed by atoms with Crippen molar-refractivity contribution in [1.29, 1.82) is 0 Å². The molecule has 19 aromatic rings. The number of hydrogen-bond acceptors (Lipinski definition) is 8. The second-order valence-corrected chi connectivity index (χ2v) is 27.5. The van der Waals surface area contributed by atoms with Gasteiger partial charge in [0.1, 0.15) is 0 Å². The van der Waals surface area contributed by atoms with Crippen LogP contribution in [0.2, 0.25) is 0 Å². The first-order valence-corrected chi connectivity index (χ1v) is 34.8. The quantitative estimate of drug-likeness (QED) is 0.124. The summed E-state index contributed by atoms with van der Waals surface area (Å²) in [7, 11) is 0. The lowest BCUT2D eigenvalue weighted by atomic mass is 9.61. The molecule has 0 amide bonds. The molecule has 2 unspecified atom stereocenters. The molecule has 102 heavy (non-hydrogen) atoms. The number of benzene rings is 11. The third-order valence-corrected chi connectivity index (χ3v) is 22.3. The lowest BCUT2D eigenvalue weighted by Gasteiger charge is -2.42. The number of nitrogens with zero attached hydrogens (tertiary/aromatic N) is 8. The van der Waals surface area contributed by atoms with Crippen LogP contribution in [0.3, 0.4) is 0 Å². The van der Waals surface area contributed by atoms with Crippen molar-refractivity contribution in [3.05, 3.63) is 337 Å². The predicted molar refractivity (Wildman–Crippen MR) is 421 cm³/mol. The highest BCUT2D eigenvalue weighted by molar-refractivity contribution is 6.23. The van der Waals surface area contributed by atoms with Crippen molar-refractivity contribution in [3.63, 3.8) is 0 Å². The maximum Gasteiger partial charge on any atom is 0.0978 e. The van der Waals surface area contributed by atoms with E-state index in [0.29, 0.717) is 0 Å². The molecule has 8 nitrogen and oxygen atoms in total. The normalized spacial score (nSPS) is 15.8. The molecular weight excluding hydrogens is 1240 g/mol. The first-order chi connectivity index (χ1) is 50.6. The third-order valence-electron chi connectivity index (χ3n) is 22.3. The molecule has 4 aliphatic rings. The van der Waals surface area contributed by atoms with Crippen molar-refractivity contribution in [2.75, 3.05) is 0 Å². The van der Waals surface area contributed by atoms with Gasteiger partial charge in [0.2, 0.25) is 0 Å². The zero-order chi connectivity index (χ0) is 66.4. The average Bonchev–Trinajstić information content (AvgIpc) is 0.716. The van der Waals surface area contributed by atoms with Crippen LogP contribution in [0.15, 0.2) is 326 Å².